The van der Waals surface area contributed by atoms with Crippen molar-refractivity contribution in [2.24, 2.45) is 17.3 Å². The molecule has 1 rings (SSSR count). The SMILES string of the molecule is CC1CCC(OCC(CBr)C(C)(C)C)CC1. The molecular formula is C14H27BrO. The van der Waals surface area contributed by atoms with Gasteiger partial charge in [0.2, 0.25) is 0 Å². The van der Waals surface area contributed by atoms with Crippen LogP contribution in [-0.2, 0) is 4.74 Å². The van der Waals surface area contributed by atoms with Crippen LogP contribution in [0.4, 0.5) is 0 Å². The number of rotatable bonds is 4. The Morgan fingerprint density at radius 1 is 1.19 bits per heavy atom. The smallest absolute Gasteiger partial charge is 0.0575 e. The quantitative estimate of drug-likeness (QED) is 0.686. The van der Waals surface area contributed by atoms with Crippen molar-refractivity contribution in [2.45, 2.75) is 59.5 Å². The minimum atomic E-state index is 0.339. The second kappa shape index (κ2) is 6.39. The van der Waals surface area contributed by atoms with E-state index in [1.807, 2.05) is 0 Å². The molecular weight excluding hydrogens is 264 g/mol. The third-order valence-electron chi connectivity index (χ3n) is 3.91. The van der Waals surface area contributed by atoms with E-state index in [1.165, 1.54) is 25.7 Å². The van der Waals surface area contributed by atoms with Gasteiger partial charge in [-0.05, 0) is 42.9 Å². The Hall–Kier alpha value is 0.440. The van der Waals surface area contributed by atoms with Crippen molar-refractivity contribution >= 4 is 15.9 Å². The maximum atomic E-state index is 6.08. The lowest BCUT2D eigenvalue weighted by Gasteiger charge is -2.32. The molecule has 1 unspecified atom stereocenters. The fourth-order valence-corrected chi connectivity index (χ4v) is 3.33. The molecule has 2 heteroatoms. The van der Waals surface area contributed by atoms with Crippen molar-refractivity contribution in [3.05, 3.63) is 0 Å². The average Bonchev–Trinajstić information content (AvgIpc) is 2.19. The molecule has 0 heterocycles. The summed E-state index contributed by atoms with van der Waals surface area (Å²) in [4.78, 5) is 0. The topological polar surface area (TPSA) is 9.23 Å². The first-order valence-electron chi connectivity index (χ1n) is 6.61. The van der Waals surface area contributed by atoms with Gasteiger partial charge in [0.05, 0.1) is 12.7 Å². The summed E-state index contributed by atoms with van der Waals surface area (Å²) in [5.41, 5.74) is 0.339. The van der Waals surface area contributed by atoms with Gasteiger partial charge in [-0.2, -0.15) is 0 Å². The van der Waals surface area contributed by atoms with E-state index in [4.69, 9.17) is 4.74 Å². The van der Waals surface area contributed by atoms with Crippen LogP contribution < -0.4 is 0 Å². The maximum Gasteiger partial charge on any atom is 0.0575 e. The first-order chi connectivity index (χ1) is 7.43. The predicted octanol–water partition coefficient (Wildman–Crippen LogP) is 4.64. The maximum absolute atomic E-state index is 6.08. The highest BCUT2D eigenvalue weighted by Crippen LogP contribution is 2.30. The molecule has 1 nitrogen and oxygen atoms in total. The van der Waals surface area contributed by atoms with Crippen LogP contribution in [0.15, 0.2) is 0 Å². The Labute approximate surface area is 109 Å². The number of halogens is 1. The molecule has 0 aromatic rings. The molecule has 1 aliphatic rings. The van der Waals surface area contributed by atoms with Gasteiger partial charge in [0, 0.05) is 5.33 Å². The van der Waals surface area contributed by atoms with Crippen molar-refractivity contribution in [3.63, 3.8) is 0 Å². The van der Waals surface area contributed by atoms with Gasteiger partial charge in [-0.3, -0.25) is 0 Å². The van der Waals surface area contributed by atoms with Crippen LogP contribution in [0, 0.1) is 17.3 Å². The molecule has 1 atom stereocenters. The third kappa shape index (κ3) is 4.75. The highest BCUT2D eigenvalue weighted by atomic mass is 79.9. The summed E-state index contributed by atoms with van der Waals surface area (Å²) in [6.45, 7) is 10.2. The van der Waals surface area contributed by atoms with Crippen LogP contribution >= 0.6 is 15.9 Å². The zero-order valence-electron chi connectivity index (χ0n) is 11.3. The number of hydrogen-bond donors (Lipinski definition) is 0. The summed E-state index contributed by atoms with van der Waals surface area (Å²) in [5, 5.41) is 1.04. The molecule has 0 radical (unpaired) electrons. The molecule has 0 aromatic carbocycles. The summed E-state index contributed by atoms with van der Waals surface area (Å²) in [7, 11) is 0. The van der Waals surface area contributed by atoms with Crippen molar-refractivity contribution in [3.8, 4) is 0 Å². The van der Waals surface area contributed by atoms with Crippen molar-refractivity contribution in [1.82, 2.24) is 0 Å². The number of hydrogen-bond acceptors (Lipinski definition) is 1. The van der Waals surface area contributed by atoms with Crippen LogP contribution in [-0.4, -0.2) is 18.0 Å². The van der Waals surface area contributed by atoms with E-state index in [2.05, 4.69) is 43.6 Å². The predicted molar refractivity (Wildman–Crippen MR) is 74.1 cm³/mol. The lowest BCUT2D eigenvalue weighted by molar-refractivity contribution is -0.0141. The Morgan fingerprint density at radius 3 is 2.19 bits per heavy atom. The van der Waals surface area contributed by atoms with Crippen molar-refractivity contribution < 1.29 is 4.74 Å². The normalized spacial score (nSPS) is 29.1. The van der Waals surface area contributed by atoms with Gasteiger partial charge in [-0.25, -0.2) is 0 Å². The standard InChI is InChI=1S/C14H27BrO/c1-11-5-7-13(8-6-11)16-10-12(9-15)14(2,3)4/h11-13H,5-10H2,1-4H3. The average molecular weight is 291 g/mol. The van der Waals surface area contributed by atoms with Gasteiger partial charge in [-0.15, -0.1) is 0 Å². The molecule has 0 amide bonds. The van der Waals surface area contributed by atoms with E-state index < -0.39 is 0 Å². The second-order valence-electron chi connectivity index (χ2n) is 6.43. The van der Waals surface area contributed by atoms with E-state index >= 15 is 0 Å². The second-order valence-corrected chi connectivity index (χ2v) is 7.08. The Morgan fingerprint density at radius 2 is 1.75 bits per heavy atom. The molecule has 0 N–H and O–H groups in total. The molecule has 1 saturated carbocycles. The van der Waals surface area contributed by atoms with Crippen LogP contribution in [0.3, 0.4) is 0 Å². The molecule has 0 saturated heterocycles. The minimum absolute atomic E-state index is 0.339. The lowest BCUT2D eigenvalue weighted by atomic mass is 9.82. The highest BCUT2D eigenvalue weighted by molar-refractivity contribution is 9.09. The molecule has 0 aliphatic heterocycles. The summed E-state index contributed by atoms with van der Waals surface area (Å²) >= 11 is 3.61. The number of ether oxygens (including phenoxy) is 1. The zero-order chi connectivity index (χ0) is 12.2. The Balaban J connectivity index is 2.28. The summed E-state index contributed by atoms with van der Waals surface area (Å²) in [5.74, 6) is 1.53. The molecule has 0 aromatic heterocycles. The fourth-order valence-electron chi connectivity index (χ4n) is 2.17. The Kier molecular flexibility index (Phi) is 5.79. The summed E-state index contributed by atoms with van der Waals surface area (Å²) in [6, 6.07) is 0. The van der Waals surface area contributed by atoms with Crippen molar-refractivity contribution in [2.75, 3.05) is 11.9 Å². The van der Waals surface area contributed by atoms with Crippen LogP contribution in [0.2, 0.25) is 0 Å². The first-order valence-corrected chi connectivity index (χ1v) is 7.73. The molecule has 0 spiro atoms. The van der Waals surface area contributed by atoms with Crippen LogP contribution in [0.5, 0.6) is 0 Å². The van der Waals surface area contributed by atoms with E-state index in [-0.39, 0.29) is 0 Å². The van der Waals surface area contributed by atoms with Gasteiger partial charge in [0.1, 0.15) is 0 Å². The van der Waals surface area contributed by atoms with Gasteiger partial charge in [0.15, 0.2) is 0 Å². The first kappa shape index (κ1) is 14.5. The molecule has 1 fully saturated rings. The molecule has 16 heavy (non-hydrogen) atoms. The monoisotopic (exact) mass is 290 g/mol. The highest BCUT2D eigenvalue weighted by Gasteiger charge is 2.26. The fraction of sp³-hybridized carbons (Fsp3) is 1.00. The van der Waals surface area contributed by atoms with Gasteiger partial charge < -0.3 is 4.74 Å². The van der Waals surface area contributed by atoms with Crippen molar-refractivity contribution in [1.29, 1.82) is 0 Å². The summed E-state index contributed by atoms with van der Waals surface area (Å²) in [6.07, 6.45) is 5.75. The minimum Gasteiger partial charge on any atom is -0.378 e. The largest absolute Gasteiger partial charge is 0.378 e. The van der Waals surface area contributed by atoms with E-state index in [9.17, 15) is 0 Å². The van der Waals surface area contributed by atoms with Crippen LogP contribution in [0.1, 0.15) is 53.4 Å². The molecule has 0 bridgehead atoms. The van der Waals surface area contributed by atoms with E-state index in [1.54, 1.807) is 0 Å². The van der Waals surface area contributed by atoms with Gasteiger partial charge in [-0.1, -0.05) is 43.6 Å². The number of alkyl halides is 1. The van der Waals surface area contributed by atoms with Crippen LogP contribution in [0.25, 0.3) is 0 Å². The third-order valence-corrected chi connectivity index (χ3v) is 4.69. The van der Waals surface area contributed by atoms with Gasteiger partial charge >= 0.3 is 0 Å². The van der Waals surface area contributed by atoms with E-state index in [0.29, 0.717) is 17.4 Å². The van der Waals surface area contributed by atoms with Gasteiger partial charge in [0.25, 0.3) is 0 Å². The molecule has 96 valence electrons. The summed E-state index contributed by atoms with van der Waals surface area (Å²) < 4.78 is 6.08. The Bertz CT molecular complexity index is 189. The van der Waals surface area contributed by atoms with E-state index in [0.717, 1.165) is 17.9 Å². The lowest BCUT2D eigenvalue weighted by Crippen LogP contribution is -2.30. The zero-order valence-corrected chi connectivity index (χ0v) is 12.8. The molecule has 1 aliphatic carbocycles.